The second-order valence-corrected chi connectivity index (χ2v) is 6.03. The minimum absolute atomic E-state index is 0.464. The van der Waals surface area contributed by atoms with Crippen LogP contribution in [0.2, 0.25) is 0 Å². The second-order valence-electron chi connectivity index (χ2n) is 6.03. The minimum Gasteiger partial charge on any atom is -0.327 e. The summed E-state index contributed by atoms with van der Waals surface area (Å²) < 4.78 is 0. The lowest BCUT2D eigenvalue weighted by atomic mass is 9.91. The number of aryl methyl sites for hydroxylation is 1. The van der Waals surface area contributed by atoms with Crippen LogP contribution < -0.4 is 5.73 Å². The molecule has 0 radical (unpaired) electrons. The zero-order valence-electron chi connectivity index (χ0n) is 10.5. The number of fused-ring (bicyclic) bond motifs is 1. The van der Waals surface area contributed by atoms with Crippen molar-refractivity contribution in [3.63, 3.8) is 0 Å². The molecule has 0 saturated heterocycles. The van der Waals surface area contributed by atoms with Crippen LogP contribution in [0.5, 0.6) is 0 Å². The Hall–Kier alpha value is -0.820. The molecule has 1 aromatic rings. The molecule has 2 fully saturated rings. The molecule has 2 N–H and O–H groups in total. The Labute approximate surface area is 104 Å². The summed E-state index contributed by atoms with van der Waals surface area (Å²) in [6.45, 7) is 0. The largest absolute Gasteiger partial charge is 0.327 e. The van der Waals surface area contributed by atoms with Crippen LogP contribution in [0.25, 0.3) is 0 Å². The third-order valence-corrected chi connectivity index (χ3v) is 4.73. The summed E-state index contributed by atoms with van der Waals surface area (Å²) in [6.07, 6.45) is 8.01. The third kappa shape index (κ3) is 2.71. The normalized spacial score (nSPS) is 32.2. The summed E-state index contributed by atoms with van der Waals surface area (Å²) in [5, 5.41) is 0. The maximum absolute atomic E-state index is 6.33. The highest BCUT2D eigenvalue weighted by molar-refractivity contribution is 5.14. The van der Waals surface area contributed by atoms with Gasteiger partial charge in [-0.1, -0.05) is 30.3 Å². The molecule has 0 aliphatic heterocycles. The molecule has 2 aliphatic rings. The van der Waals surface area contributed by atoms with Crippen LogP contribution in [0, 0.1) is 17.8 Å². The molecular weight excluding hydrogens is 206 g/mol. The van der Waals surface area contributed by atoms with E-state index in [1.165, 1.54) is 44.1 Å². The Morgan fingerprint density at radius 3 is 2.47 bits per heavy atom. The van der Waals surface area contributed by atoms with Gasteiger partial charge in [-0.3, -0.25) is 0 Å². The Morgan fingerprint density at radius 2 is 1.76 bits per heavy atom. The van der Waals surface area contributed by atoms with E-state index < -0.39 is 0 Å². The Morgan fingerprint density at radius 1 is 1.06 bits per heavy atom. The monoisotopic (exact) mass is 229 g/mol. The molecule has 0 heterocycles. The number of hydrogen-bond donors (Lipinski definition) is 1. The smallest absolute Gasteiger partial charge is 0.00674 e. The van der Waals surface area contributed by atoms with Crippen molar-refractivity contribution >= 4 is 0 Å². The van der Waals surface area contributed by atoms with Gasteiger partial charge in [0.25, 0.3) is 0 Å². The first-order valence-electron chi connectivity index (χ1n) is 7.12. The number of hydrogen-bond acceptors (Lipinski definition) is 1. The molecule has 3 rings (SSSR count). The quantitative estimate of drug-likeness (QED) is 0.823. The summed E-state index contributed by atoms with van der Waals surface area (Å²) in [6, 6.07) is 11.2. The average molecular weight is 229 g/mol. The van der Waals surface area contributed by atoms with Gasteiger partial charge in [0.15, 0.2) is 0 Å². The molecule has 0 spiro atoms. The molecule has 0 amide bonds. The van der Waals surface area contributed by atoms with E-state index in [-0.39, 0.29) is 0 Å². The van der Waals surface area contributed by atoms with Gasteiger partial charge >= 0.3 is 0 Å². The van der Waals surface area contributed by atoms with Gasteiger partial charge in [-0.15, -0.1) is 0 Å². The highest BCUT2D eigenvalue weighted by atomic mass is 14.7. The van der Waals surface area contributed by atoms with Gasteiger partial charge in [0.2, 0.25) is 0 Å². The van der Waals surface area contributed by atoms with Gasteiger partial charge in [0.1, 0.15) is 0 Å². The van der Waals surface area contributed by atoms with Crippen LogP contribution in [0.15, 0.2) is 30.3 Å². The molecule has 1 aromatic carbocycles. The fourth-order valence-corrected chi connectivity index (χ4v) is 3.53. The zero-order chi connectivity index (χ0) is 11.7. The minimum atomic E-state index is 0.464. The molecule has 17 heavy (non-hydrogen) atoms. The Kier molecular flexibility index (Phi) is 3.19. The van der Waals surface area contributed by atoms with E-state index in [1.54, 1.807) is 0 Å². The van der Waals surface area contributed by atoms with Gasteiger partial charge in [-0.2, -0.15) is 0 Å². The van der Waals surface area contributed by atoms with Crippen LogP contribution in [0.3, 0.4) is 0 Å². The topological polar surface area (TPSA) is 26.0 Å². The standard InChI is InChI=1S/C16H23N/c17-16(15-10-13-9-14(13)11-15)8-4-7-12-5-2-1-3-6-12/h1-3,5-6,13-16H,4,7-11,17H2. The van der Waals surface area contributed by atoms with E-state index in [0.717, 1.165) is 17.8 Å². The van der Waals surface area contributed by atoms with Crippen LogP contribution in [-0.4, -0.2) is 6.04 Å². The van der Waals surface area contributed by atoms with E-state index in [0.29, 0.717) is 6.04 Å². The molecule has 0 aromatic heterocycles. The van der Waals surface area contributed by atoms with E-state index in [2.05, 4.69) is 30.3 Å². The van der Waals surface area contributed by atoms with Crippen LogP contribution >= 0.6 is 0 Å². The highest BCUT2D eigenvalue weighted by Gasteiger charge is 2.46. The molecule has 2 aliphatic carbocycles. The number of benzene rings is 1. The van der Waals surface area contributed by atoms with Gasteiger partial charge in [0.05, 0.1) is 0 Å². The zero-order valence-corrected chi connectivity index (χ0v) is 10.5. The summed E-state index contributed by atoms with van der Waals surface area (Å²) >= 11 is 0. The van der Waals surface area contributed by atoms with E-state index in [1.807, 2.05) is 0 Å². The Bertz CT molecular complexity index is 349. The average Bonchev–Trinajstić information content (AvgIpc) is 2.97. The summed E-state index contributed by atoms with van der Waals surface area (Å²) in [7, 11) is 0. The SMILES string of the molecule is NC(CCCc1ccccc1)C1CC2CC2C1. The van der Waals surface area contributed by atoms with Gasteiger partial charge < -0.3 is 5.73 Å². The molecular formula is C16H23N. The van der Waals surface area contributed by atoms with Crippen LogP contribution in [0.1, 0.15) is 37.7 Å². The van der Waals surface area contributed by atoms with Crippen molar-refractivity contribution in [2.24, 2.45) is 23.5 Å². The van der Waals surface area contributed by atoms with E-state index in [9.17, 15) is 0 Å². The van der Waals surface area contributed by atoms with Crippen LogP contribution in [0.4, 0.5) is 0 Å². The lowest BCUT2D eigenvalue weighted by Crippen LogP contribution is -2.29. The van der Waals surface area contributed by atoms with Crippen molar-refractivity contribution < 1.29 is 0 Å². The molecule has 1 nitrogen and oxygen atoms in total. The van der Waals surface area contributed by atoms with E-state index >= 15 is 0 Å². The number of rotatable bonds is 5. The lowest BCUT2D eigenvalue weighted by molar-refractivity contribution is 0.371. The van der Waals surface area contributed by atoms with Gasteiger partial charge in [0, 0.05) is 6.04 Å². The molecule has 92 valence electrons. The van der Waals surface area contributed by atoms with Crippen molar-refractivity contribution in [1.29, 1.82) is 0 Å². The fourth-order valence-electron chi connectivity index (χ4n) is 3.53. The predicted octanol–water partition coefficient (Wildman–Crippen LogP) is 3.38. The molecule has 3 atom stereocenters. The molecule has 3 unspecified atom stereocenters. The van der Waals surface area contributed by atoms with Crippen molar-refractivity contribution in [3.8, 4) is 0 Å². The lowest BCUT2D eigenvalue weighted by Gasteiger charge is -2.20. The first-order chi connectivity index (χ1) is 8.33. The summed E-state index contributed by atoms with van der Waals surface area (Å²) in [5.74, 6) is 2.98. The first kappa shape index (κ1) is 11.3. The second kappa shape index (κ2) is 4.81. The van der Waals surface area contributed by atoms with Gasteiger partial charge in [-0.05, 0) is 61.8 Å². The number of nitrogens with two attached hydrogens (primary N) is 1. The first-order valence-corrected chi connectivity index (χ1v) is 7.12. The van der Waals surface area contributed by atoms with E-state index in [4.69, 9.17) is 5.73 Å². The Balaban J connectivity index is 1.39. The van der Waals surface area contributed by atoms with Crippen molar-refractivity contribution in [2.45, 2.75) is 44.6 Å². The van der Waals surface area contributed by atoms with Crippen molar-refractivity contribution in [1.82, 2.24) is 0 Å². The van der Waals surface area contributed by atoms with Gasteiger partial charge in [-0.25, -0.2) is 0 Å². The maximum atomic E-state index is 6.33. The highest BCUT2D eigenvalue weighted by Crippen LogP contribution is 2.55. The van der Waals surface area contributed by atoms with Crippen molar-refractivity contribution in [3.05, 3.63) is 35.9 Å². The van der Waals surface area contributed by atoms with Crippen LogP contribution in [-0.2, 0) is 6.42 Å². The fraction of sp³-hybridized carbons (Fsp3) is 0.625. The predicted molar refractivity (Wildman–Crippen MR) is 71.7 cm³/mol. The molecule has 2 saturated carbocycles. The maximum Gasteiger partial charge on any atom is 0.00674 e. The third-order valence-electron chi connectivity index (χ3n) is 4.73. The van der Waals surface area contributed by atoms with Crippen molar-refractivity contribution in [2.75, 3.05) is 0 Å². The molecule has 1 heteroatoms. The summed E-state index contributed by atoms with van der Waals surface area (Å²) in [4.78, 5) is 0. The summed E-state index contributed by atoms with van der Waals surface area (Å²) in [5.41, 5.74) is 7.78. The molecule has 0 bridgehead atoms.